The van der Waals surface area contributed by atoms with E-state index in [9.17, 15) is 0 Å². The summed E-state index contributed by atoms with van der Waals surface area (Å²) in [5.74, 6) is 1.36. The fourth-order valence-corrected chi connectivity index (χ4v) is 1.52. The fourth-order valence-electron chi connectivity index (χ4n) is 0.786. The van der Waals surface area contributed by atoms with Crippen LogP contribution in [-0.2, 0) is 6.54 Å². The van der Waals surface area contributed by atoms with Crippen molar-refractivity contribution in [3.63, 3.8) is 0 Å². The van der Waals surface area contributed by atoms with Gasteiger partial charge in [0.1, 0.15) is 0 Å². The van der Waals surface area contributed by atoms with Crippen LogP contribution in [-0.4, -0.2) is 20.5 Å². The summed E-state index contributed by atoms with van der Waals surface area (Å²) < 4.78 is 1.81. The Kier molecular flexibility index (Phi) is 2.76. The largest absolute Gasteiger partial charge is 0.366 e. The number of aryl methyl sites for hydroxylation is 1. The van der Waals surface area contributed by atoms with Gasteiger partial charge in [-0.25, -0.2) is 4.68 Å². The van der Waals surface area contributed by atoms with Crippen LogP contribution >= 0.6 is 11.8 Å². The van der Waals surface area contributed by atoms with Gasteiger partial charge in [0, 0.05) is 6.54 Å². The maximum absolute atomic E-state index is 5.43. The number of hydrogen-bond acceptors (Lipinski definition) is 4. The van der Waals surface area contributed by atoms with Gasteiger partial charge in [-0.3, -0.25) is 0 Å². The second kappa shape index (κ2) is 3.61. The molecule has 11 heavy (non-hydrogen) atoms. The molecule has 1 rings (SSSR count). The molecule has 0 saturated heterocycles. The Morgan fingerprint density at radius 2 is 2.27 bits per heavy atom. The third-order valence-electron chi connectivity index (χ3n) is 1.23. The van der Waals surface area contributed by atoms with E-state index in [4.69, 9.17) is 5.73 Å². The van der Waals surface area contributed by atoms with E-state index in [1.165, 1.54) is 0 Å². The van der Waals surface area contributed by atoms with Gasteiger partial charge in [-0.15, -0.1) is 5.10 Å². The molecular formula is C6H12N4S. The van der Waals surface area contributed by atoms with Gasteiger partial charge in [0.15, 0.2) is 5.16 Å². The van der Waals surface area contributed by atoms with Crippen molar-refractivity contribution in [2.45, 2.75) is 25.5 Å². The van der Waals surface area contributed by atoms with E-state index in [2.05, 4.69) is 17.0 Å². The van der Waals surface area contributed by atoms with Crippen molar-refractivity contribution in [1.29, 1.82) is 0 Å². The minimum absolute atomic E-state index is 0.364. The molecule has 0 bridgehead atoms. The van der Waals surface area contributed by atoms with Crippen molar-refractivity contribution in [2.75, 3.05) is 11.5 Å². The molecule has 1 aromatic heterocycles. The van der Waals surface area contributed by atoms with Crippen LogP contribution in [0, 0.1) is 0 Å². The second-order valence-corrected chi connectivity index (χ2v) is 3.23. The van der Waals surface area contributed by atoms with E-state index in [1.807, 2.05) is 11.6 Å². The molecule has 62 valence electrons. The highest BCUT2D eigenvalue weighted by atomic mass is 32.2. The molecular weight excluding hydrogens is 160 g/mol. The van der Waals surface area contributed by atoms with Crippen molar-refractivity contribution < 1.29 is 0 Å². The van der Waals surface area contributed by atoms with Crippen molar-refractivity contribution in [3.8, 4) is 0 Å². The SMILES string of the molecule is CCSc1nc(N)nn1CC. The number of anilines is 1. The van der Waals surface area contributed by atoms with Crippen LogP contribution < -0.4 is 5.73 Å². The van der Waals surface area contributed by atoms with E-state index in [1.54, 1.807) is 11.8 Å². The van der Waals surface area contributed by atoms with Crippen LogP contribution in [0.4, 0.5) is 5.95 Å². The molecule has 0 aliphatic rings. The fraction of sp³-hybridized carbons (Fsp3) is 0.667. The quantitative estimate of drug-likeness (QED) is 0.691. The van der Waals surface area contributed by atoms with Gasteiger partial charge in [0.25, 0.3) is 0 Å². The van der Waals surface area contributed by atoms with Gasteiger partial charge in [0.2, 0.25) is 5.95 Å². The monoisotopic (exact) mass is 172 g/mol. The first-order valence-electron chi connectivity index (χ1n) is 3.61. The van der Waals surface area contributed by atoms with Crippen LogP contribution in [0.5, 0.6) is 0 Å². The first kappa shape index (κ1) is 8.39. The minimum atomic E-state index is 0.364. The lowest BCUT2D eigenvalue weighted by Crippen LogP contribution is -1.98. The maximum Gasteiger partial charge on any atom is 0.240 e. The molecule has 0 aromatic carbocycles. The molecule has 5 heteroatoms. The van der Waals surface area contributed by atoms with Gasteiger partial charge in [0.05, 0.1) is 0 Å². The zero-order valence-electron chi connectivity index (χ0n) is 6.74. The molecule has 0 atom stereocenters. The molecule has 0 saturated carbocycles. The number of nitrogens with zero attached hydrogens (tertiary/aromatic N) is 3. The molecule has 1 aromatic rings. The third-order valence-corrected chi connectivity index (χ3v) is 2.08. The maximum atomic E-state index is 5.43. The zero-order chi connectivity index (χ0) is 8.27. The third kappa shape index (κ3) is 1.86. The van der Waals surface area contributed by atoms with E-state index in [0.717, 1.165) is 17.5 Å². The minimum Gasteiger partial charge on any atom is -0.366 e. The van der Waals surface area contributed by atoms with Crippen molar-refractivity contribution in [1.82, 2.24) is 14.8 Å². The van der Waals surface area contributed by atoms with Gasteiger partial charge < -0.3 is 5.73 Å². The zero-order valence-corrected chi connectivity index (χ0v) is 7.56. The van der Waals surface area contributed by atoms with Crippen LogP contribution in [0.1, 0.15) is 13.8 Å². The molecule has 0 spiro atoms. The average Bonchev–Trinajstić information content (AvgIpc) is 2.32. The van der Waals surface area contributed by atoms with E-state index >= 15 is 0 Å². The lowest BCUT2D eigenvalue weighted by molar-refractivity contribution is 0.597. The lowest BCUT2D eigenvalue weighted by Gasteiger charge is -1.97. The van der Waals surface area contributed by atoms with Gasteiger partial charge in [-0.2, -0.15) is 4.98 Å². The Balaban J connectivity index is 2.83. The molecule has 4 nitrogen and oxygen atoms in total. The first-order chi connectivity index (χ1) is 5.27. The normalized spacial score (nSPS) is 10.4. The van der Waals surface area contributed by atoms with E-state index < -0.39 is 0 Å². The molecule has 0 unspecified atom stereocenters. The predicted molar refractivity (Wildman–Crippen MR) is 46.5 cm³/mol. The number of nitrogens with two attached hydrogens (primary N) is 1. The molecule has 0 radical (unpaired) electrons. The summed E-state index contributed by atoms with van der Waals surface area (Å²) in [5.41, 5.74) is 5.43. The van der Waals surface area contributed by atoms with Crippen LogP contribution in [0.25, 0.3) is 0 Å². The highest BCUT2D eigenvalue weighted by molar-refractivity contribution is 7.99. The molecule has 0 aliphatic carbocycles. The Morgan fingerprint density at radius 3 is 2.82 bits per heavy atom. The number of hydrogen-bond donors (Lipinski definition) is 1. The summed E-state index contributed by atoms with van der Waals surface area (Å²) in [6, 6.07) is 0. The van der Waals surface area contributed by atoms with E-state index in [0.29, 0.717) is 5.95 Å². The highest BCUT2D eigenvalue weighted by Crippen LogP contribution is 2.15. The van der Waals surface area contributed by atoms with Crippen LogP contribution in [0.15, 0.2) is 5.16 Å². The Labute approximate surface area is 70.2 Å². The van der Waals surface area contributed by atoms with Crippen molar-refractivity contribution >= 4 is 17.7 Å². The summed E-state index contributed by atoms with van der Waals surface area (Å²) in [4.78, 5) is 4.06. The molecule has 0 aliphatic heterocycles. The van der Waals surface area contributed by atoms with Gasteiger partial charge in [-0.05, 0) is 12.7 Å². The van der Waals surface area contributed by atoms with Crippen molar-refractivity contribution in [3.05, 3.63) is 0 Å². The average molecular weight is 172 g/mol. The lowest BCUT2D eigenvalue weighted by atomic mass is 10.8. The van der Waals surface area contributed by atoms with E-state index in [-0.39, 0.29) is 0 Å². The Hall–Kier alpha value is -0.710. The molecule has 2 N–H and O–H groups in total. The number of thioether (sulfide) groups is 1. The summed E-state index contributed by atoms with van der Waals surface area (Å²) in [6.45, 7) is 4.93. The Bertz CT molecular complexity index is 232. The predicted octanol–water partition coefficient (Wildman–Crippen LogP) is 0.992. The second-order valence-electron chi connectivity index (χ2n) is 2.00. The molecule has 1 heterocycles. The summed E-state index contributed by atoms with van der Waals surface area (Å²) in [7, 11) is 0. The molecule has 0 fully saturated rings. The highest BCUT2D eigenvalue weighted by Gasteiger charge is 2.04. The topological polar surface area (TPSA) is 56.7 Å². The van der Waals surface area contributed by atoms with Crippen molar-refractivity contribution in [2.24, 2.45) is 0 Å². The van der Waals surface area contributed by atoms with Crippen LogP contribution in [0.2, 0.25) is 0 Å². The number of aromatic nitrogens is 3. The standard InChI is InChI=1S/C6H12N4S/c1-3-10-6(11-4-2)8-5(7)9-10/h3-4H2,1-2H3,(H2,7,9). The Morgan fingerprint density at radius 1 is 1.55 bits per heavy atom. The summed E-state index contributed by atoms with van der Waals surface area (Å²) in [5, 5.41) is 4.92. The molecule has 0 amide bonds. The first-order valence-corrected chi connectivity index (χ1v) is 4.59. The summed E-state index contributed by atoms with van der Waals surface area (Å²) >= 11 is 1.66. The van der Waals surface area contributed by atoms with Gasteiger partial charge >= 0.3 is 0 Å². The van der Waals surface area contributed by atoms with Crippen LogP contribution in [0.3, 0.4) is 0 Å². The number of rotatable bonds is 3. The smallest absolute Gasteiger partial charge is 0.240 e. The van der Waals surface area contributed by atoms with Gasteiger partial charge in [-0.1, -0.05) is 18.7 Å². The number of nitrogen functional groups attached to an aromatic ring is 1. The summed E-state index contributed by atoms with van der Waals surface area (Å²) in [6.07, 6.45) is 0.